The number of carboxylic acids is 1. The summed E-state index contributed by atoms with van der Waals surface area (Å²) in [5, 5.41) is 20.9. The third kappa shape index (κ3) is 5.40. The lowest BCUT2D eigenvalue weighted by molar-refractivity contribution is -0.138. The number of carboxylic acid groups (broad SMARTS) is 1. The molecular formula is C21H18F3N3O6. The number of carbonyl (C=O) groups is 3. The lowest BCUT2D eigenvalue weighted by Gasteiger charge is -2.22. The smallest absolute Gasteiger partial charge is 0.417 e. The molecule has 0 saturated carbocycles. The predicted molar refractivity (Wildman–Crippen MR) is 106 cm³/mol. The average Bonchev–Trinajstić information content (AvgIpc) is 2.96. The second-order valence-electron chi connectivity index (χ2n) is 7.07. The number of carbonyl (C=O) groups excluding carboxylic acids is 2. The Hall–Kier alpha value is -4.09. The molecule has 1 aliphatic rings. The van der Waals surface area contributed by atoms with Gasteiger partial charge in [0.05, 0.1) is 11.6 Å². The summed E-state index contributed by atoms with van der Waals surface area (Å²) in [6.07, 6.45) is -3.84. The number of halogens is 3. The number of pyridine rings is 1. The third-order valence-corrected chi connectivity index (χ3v) is 4.78. The number of aliphatic hydroxyl groups excluding tert-OH is 1. The highest BCUT2D eigenvalue weighted by Crippen LogP contribution is 2.30. The highest BCUT2D eigenvalue weighted by Gasteiger charge is 2.40. The SMILES string of the molecule is CC1C(O)=C(C(=O)NCC(=O)O)C(=O)N1Cc1ccc(Oc2ccc(C(F)(F)F)cn2)cc1. The number of aliphatic carboxylic acids is 1. The van der Waals surface area contributed by atoms with Crippen LogP contribution < -0.4 is 10.1 Å². The van der Waals surface area contributed by atoms with Gasteiger partial charge in [-0.15, -0.1) is 0 Å². The number of aromatic nitrogens is 1. The lowest BCUT2D eigenvalue weighted by Crippen LogP contribution is -2.36. The summed E-state index contributed by atoms with van der Waals surface area (Å²) in [5.74, 6) is -3.24. The molecule has 12 heteroatoms. The maximum Gasteiger partial charge on any atom is 0.417 e. The highest BCUT2D eigenvalue weighted by atomic mass is 19.4. The monoisotopic (exact) mass is 465 g/mol. The van der Waals surface area contributed by atoms with Gasteiger partial charge in [0.1, 0.15) is 23.6 Å². The van der Waals surface area contributed by atoms with Gasteiger partial charge in [-0.05, 0) is 30.7 Å². The molecule has 1 aromatic carbocycles. The van der Waals surface area contributed by atoms with E-state index in [0.717, 1.165) is 12.1 Å². The first-order chi connectivity index (χ1) is 15.5. The maximum absolute atomic E-state index is 12.6. The molecule has 0 spiro atoms. The Morgan fingerprint density at radius 3 is 2.39 bits per heavy atom. The Labute approximate surface area is 185 Å². The van der Waals surface area contributed by atoms with Gasteiger partial charge in [-0.1, -0.05) is 12.1 Å². The number of alkyl halides is 3. The van der Waals surface area contributed by atoms with Crippen molar-refractivity contribution in [2.75, 3.05) is 6.54 Å². The molecular weight excluding hydrogens is 447 g/mol. The summed E-state index contributed by atoms with van der Waals surface area (Å²) in [7, 11) is 0. The van der Waals surface area contributed by atoms with Crippen LogP contribution >= 0.6 is 0 Å². The summed E-state index contributed by atoms with van der Waals surface area (Å²) in [6, 6.07) is 7.36. The first kappa shape index (κ1) is 23.6. The van der Waals surface area contributed by atoms with Crippen LogP contribution in [0.3, 0.4) is 0 Å². The highest BCUT2D eigenvalue weighted by molar-refractivity contribution is 6.20. The molecule has 1 atom stereocenters. The Morgan fingerprint density at radius 2 is 1.85 bits per heavy atom. The predicted octanol–water partition coefficient (Wildman–Crippen LogP) is 2.64. The van der Waals surface area contributed by atoms with Crippen LogP contribution in [0.4, 0.5) is 13.2 Å². The van der Waals surface area contributed by atoms with E-state index in [0.29, 0.717) is 17.5 Å². The molecule has 1 aliphatic heterocycles. The number of benzene rings is 1. The number of ether oxygens (including phenoxy) is 1. The van der Waals surface area contributed by atoms with Crippen molar-refractivity contribution in [2.45, 2.75) is 25.7 Å². The molecule has 0 aliphatic carbocycles. The topological polar surface area (TPSA) is 129 Å². The van der Waals surface area contributed by atoms with E-state index in [9.17, 15) is 32.7 Å². The Morgan fingerprint density at radius 1 is 1.18 bits per heavy atom. The van der Waals surface area contributed by atoms with E-state index in [1.54, 1.807) is 12.1 Å². The largest absolute Gasteiger partial charge is 0.509 e. The molecule has 3 rings (SSSR count). The van der Waals surface area contributed by atoms with E-state index in [1.165, 1.54) is 24.0 Å². The minimum atomic E-state index is -4.50. The summed E-state index contributed by atoms with van der Waals surface area (Å²) < 4.78 is 43.2. The third-order valence-electron chi connectivity index (χ3n) is 4.78. The van der Waals surface area contributed by atoms with Gasteiger partial charge in [0.15, 0.2) is 0 Å². The molecule has 9 nitrogen and oxygen atoms in total. The minimum Gasteiger partial charge on any atom is -0.509 e. The lowest BCUT2D eigenvalue weighted by atomic mass is 10.2. The standard InChI is InChI=1S/C21H18F3N3O6/c1-11-18(30)17(19(31)26-9-16(28)29)20(32)27(11)10-12-2-5-14(6-3-12)33-15-7-4-13(8-25-15)21(22,23)24/h2-8,11,30H,9-10H2,1H3,(H,26,31)(H,28,29). The molecule has 2 amide bonds. The Kier molecular flexibility index (Phi) is 6.56. The van der Waals surface area contributed by atoms with E-state index >= 15 is 0 Å². The van der Waals surface area contributed by atoms with Gasteiger partial charge in [-0.3, -0.25) is 14.4 Å². The van der Waals surface area contributed by atoms with Gasteiger partial charge in [0.25, 0.3) is 11.8 Å². The molecule has 2 aromatic rings. The fourth-order valence-corrected chi connectivity index (χ4v) is 3.04. The van der Waals surface area contributed by atoms with Gasteiger partial charge in [0, 0.05) is 18.8 Å². The Bertz CT molecular complexity index is 1100. The maximum atomic E-state index is 12.6. The summed E-state index contributed by atoms with van der Waals surface area (Å²) in [6.45, 7) is 0.837. The van der Waals surface area contributed by atoms with Crippen LogP contribution in [0.25, 0.3) is 0 Å². The molecule has 0 saturated heterocycles. The van der Waals surface area contributed by atoms with Gasteiger partial charge in [0.2, 0.25) is 5.88 Å². The number of rotatable bonds is 7. The van der Waals surface area contributed by atoms with E-state index < -0.39 is 53.4 Å². The molecule has 0 radical (unpaired) electrons. The van der Waals surface area contributed by atoms with E-state index in [4.69, 9.17) is 9.84 Å². The second-order valence-corrected chi connectivity index (χ2v) is 7.07. The van der Waals surface area contributed by atoms with Crippen molar-refractivity contribution in [2.24, 2.45) is 0 Å². The quantitative estimate of drug-likeness (QED) is 0.536. The van der Waals surface area contributed by atoms with E-state index in [2.05, 4.69) is 4.98 Å². The van der Waals surface area contributed by atoms with Crippen LogP contribution in [0.5, 0.6) is 11.6 Å². The fourth-order valence-electron chi connectivity index (χ4n) is 3.04. The first-order valence-corrected chi connectivity index (χ1v) is 9.51. The minimum absolute atomic E-state index is 0.0264. The Balaban J connectivity index is 1.64. The van der Waals surface area contributed by atoms with Crippen molar-refractivity contribution >= 4 is 17.8 Å². The number of aliphatic hydroxyl groups is 1. The molecule has 1 unspecified atom stereocenters. The van der Waals surface area contributed by atoms with Crippen LogP contribution in [0, 0.1) is 0 Å². The van der Waals surface area contributed by atoms with Crippen molar-refractivity contribution in [1.29, 1.82) is 0 Å². The first-order valence-electron chi connectivity index (χ1n) is 9.51. The number of nitrogens with one attached hydrogen (secondary N) is 1. The zero-order chi connectivity index (χ0) is 24.3. The van der Waals surface area contributed by atoms with Gasteiger partial charge >= 0.3 is 12.1 Å². The van der Waals surface area contributed by atoms with Gasteiger partial charge < -0.3 is 25.2 Å². The number of amides is 2. The van der Waals surface area contributed by atoms with Crippen molar-refractivity contribution in [1.82, 2.24) is 15.2 Å². The molecule has 33 heavy (non-hydrogen) atoms. The molecule has 2 heterocycles. The second kappa shape index (κ2) is 9.18. The van der Waals surface area contributed by atoms with Crippen LogP contribution in [0.1, 0.15) is 18.1 Å². The van der Waals surface area contributed by atoms with Crippen LogP contribution in [-0.4, -0.2) is 50.5 Å². The number of nitrogens with zero attached hydrogens (tertiary/aromatic N) is 2. The summed E-state index contributed by atoms with van der Waals surface area (Å²) >= 11 is 0. The molecule has 0 bridgehead atoms. The molecule has 0 fully saturated rings. The summed E-state index contributed by atoms with van der Waals surface area (Å²) in [5.41, 5.74) is -0.803. The zero-order valence-corrected chi connectivity index (χ0v) is 17.1. The summed E-state index contributed by atoms with van der Waals surface area (Å²) in [4.78, 5) is 40.2. The van der Waals surface area contributed by atoms with Crippen molar-refractivity contribution in [3.05, 3.63) is 65.1 Å². The van der Waals surface area contributed by atoms with Crippen LogP contribution in [0.2, 0.25) is 0 Å². The molecule has 174 valence electrons. The van der Waals surface area contributed by atoms with Gasteiger partial charge in [-0.25, -0.2) is 4.98 Å². The normalized spacial score (nSPS) is 16.2. The number of hydrogen-bond donors (Lipinski definition) is 3. The fraction of sp³-hybridized carbons (Fsp3) is 0.238. The number of hydrogen-bond acceptors (Lipinski definition) is 6. The molecule has 3 N–H and O–H groups in total. The molecule has 1 aromatic heterocycles. The van der Waals surface area contributed by atoms with Crippen LogP contribution in [0.15, 0.2) is 53.9 Å². The van der Waals surface area contributed by atoms with E-state index in [1.807, 2.05) is 5.32 Å². The zero-order valence-electron chi connectivity index (χ0n) is 17.1. The van der Waals surface area contributed by atoms with Crippen molar-refractivity contribution < 1.29 is 42.5 Å². The average molecular weight is 465 g/mol. The van der Waals surface area contributed by atoms with Crippen molar-refractivity contribution in [3.63, 3.8) is 0 Å². The van der Waals surface area contributed by atoms with E-state index in [-0.39, 0.29) is 12.4 Å². The van der Waals surface area contributed by atoms with Crippen LogP contribution in [-0.2, 0) is 27.1 Å². The van der Waals surface area contributed by atoms with Gasteiger partial charge in [-0.2, -0.15) is 13.2 Å². The van der Waals surface area contributed by atoms with Crippen molar-refractivity contribution in [3.8, 4) is 11.6 Å².